The zero-order valence-electron chi connectivity index (χ0n) is 22.3. The van der Waals surface area contributed by atoms with Crippen LogP contribution in [0.15, 0.2) is 0 Å². The van der Waals surface area contributed by atoms with Gasteiger partial charge >= 0.3 is 12.1 Å². The molecule has 1 N–H and O–H groups in total. The molecule has 0 aromatic rings. The van der Waals surface area contributed by atoms with Gasteiger partial charge < -0.3 is 19.5 Å². The van der Waals surface area contributed by atoms with E-state index in [9.17, 15) is 14.4 Å². The van der Waals surface area contributed by atoms with E-state index in [0.717, 1.165) is 6.42 Å². The first-order valence-corrected chi connectivity index (χ1v) is 12.8. The van der Waals surface area contributed by atoms with Gasteiger partial charge in [-0.1, -0.05) is 34.6 Å². The van der Waals surface area contributed by atoms with E-state index >= 15 is 0 Å². The smallest absolute Gasteiger partial charge is 0.410 e. The molecule has 194 valence electrons. The molecular formula is C26H44N2O6. The number of fused-ring (bicyclic) bond motifs is 1. The standard InChI is InChI=1S/C26H44N2O6/c1-10-19-26(8)22-16(4)20(27-11-12-28(22)24(31)34-26)14(2)13-25(7,32-9)18(6)15(3)21(29)17(5)23(30)33-19/h14-20,22,27H,10-13H2,1-9H3/t14-,15-,16?,17?,18-,19-,20?,22-,25-,26-/m1/s1. The summed E-state index contributed by atoms with van der Waals surface area (Å²) in [6.07, 6.45) is 0.194. The topological polar surface area (TPSA) is 94.2 Å². The quantitative estimate of drug-likeness (QED) is 0.478. The summed E-state index contributed by atoms with van der Waals surface area (Å²) in [6, 6.07) is -0.175. The van der Waals surface area contributed by atoms with Gasteiger partial charge in [-0.3, -0.25) is 14.5 Å². The Morgan fingerprint density at radius 1 is 1.12 bits per heavy atom. The van der Waals surface area contributed by atoms with Crippen LogP contribution < -0.4 is 5.32 Å². The van der Waals surface area contributed by atoms with Gasteiger partial charge in [-0.25, -0.2) is 4.79 Å². The average molecular weight is 481 g/mol. The SMILES string of the molecule is CC[C@H]1OC(=O)C(C)C(=O)[C@H](C)[C@@H](C)[C@](C)(OC)C[C@@H](C)C2NCCN3C(=O)O[C@@]1(C)[C@H]3C2C. The van der Waals surface area contributed by atoms with Crippen LogP contribution in [0.25, 0.3) is 0 Å². The number of ether oxygens (including phenoxy) is 3. The number of ketones is 1. The van der Waals surface area contributed by atoms with Gasteiger partial charge in [0.2, 0.25) is 0 Å². The molecule has 3 rings (SSSR count). The summed E-state index contributed by atoms with van der Waals surface area (Å²) in [5.74, 6) is -1.88. The molecule has 0 spiro atoms. The van der Waals surface area contributed by atoms with Gasteiger partial charge in [0.25, 0.3) is 0 Å². The molecule has 0 aromatic carbocycles. The van der Waals surface area contributed by atoms with Crippen molar-refractivity contribution in [3.8, 4) is 0 Å². The van der Waals surface area contributed by atoms with Crippen molar-refractivity contribution in [1.82, 2.24) is 10.2 Å². The van der Waals surface area contributed by atoms with Crippen LogP contribution in [0.4, 0.5) is 4.79 Å². The number of nitrogens with zero attached hydrogens (tertiary/aromatic N) is 1. The van der Waals surface area contributed by atoms with Crippen LogP contribution >= 0.6 is 0 Å². The first-order chi connectivity index (χ1) is 15.8. The summed E-state index contributed by atoms with van der Waals surface area (Å²) in [5, 5.41) is 3.68. The molecule has 0 radical (unpaired) electrons. The van der Waals surface area contributed by atoms with Crippen molar-refractivity contribution in [1.29, 1.82) is 0 Å². The van der Waals surface area contributed by atoms with Crippen LogP contribution in [0, 0.1) is 29.6 Å². The van der Waals surface area contributed by atoms with E-state index in [1.165, 1.54) is 0 Å². The number of methoxy groups -OCH3 is 1. The Bertz CT molecular complexity index is 804. The van der Waals surface area contributed by atoms with Crippen LogP contribution in [-0.4, -0.2) is 72.3 Å². The van der Waals surface area contributed by atoms with Crippen LogP contribution in [0.3, 0.4) is 0 Å². The number of rotatable bonds is 2. The molecule has 0 aromatic heterocycles. The highest BCUT2D eigenvalue weighted by Crippen LogP contribution is 2.44. The molecule has 3 fully saturated rings. The lowest BCUT2D eigenvalue weighted by atomic mass is 9.69. The number of carbonyl (C=O) groups is 3. The molecule has 3 unspecified atom stereocenters. The average Bonchev–Trinajstić information content (AvgIpc) is 2.93. The number of nitrogens with one attached hydrogen (secondary N) is 1. The van der Waals surface area contributed by atoms with Crippen molar-refractivity contribution in [2.45, 2.75) is 97.6 Å². The van der Waals surface area contributed by atoms with Crippen LogP contribution in [-0.2, 0) is 23.8 Å². The zero-order valence-corrected chi connectivity index (χ0v) is 22.3. The number of cyclic esters (lactones) is 1. The Kier molecular flexibility index (Phi) is 7.73. The van der Waals surface area contributed by atoms with Crippen molar-refractivity contribution in [3.63, 3.8) is 0 Å². The number of amides is 1. The molecule has 1 amide bonds. The van der Waals surface area contributed by atoms with E-state index in [2.05, 4.69) is 26.1 Å². The first-order valence-electron chi connectivity index (χ1n) is 12.8. The van der Waals surface area contributed by atoms with Gasteiger partial charge in [-0.2, -0.15) is 0 Å². The summed E-state index contributed by atoms with van der Waals surface area (Å²) < 4.78 is 18.0. The maximum absolute atomic E-state index is 13.3. The van der Waals surface area contributed by atoms with Crippen LogP contribution in [0.2, 0.25) is 0 Å². The predicted molar refractivity (Wildman–Crippen MR) is 128 cm³/mol. The number of Topliss-reactive ketones (excluding diaryl/α,β-unsaturated/α-hetero) is 1. The van der Waals surface area contributed by atoms with Crippen molar-refractivity contribution in [3.05, 3.63) is 0 Å². The summed E-state index contributed by atoms with van der Waals surface area (Å²) in [5.41, 5.74) is -1.58. The third-order valence-electron chi connectivity index (χ3n) is 9.28. The van der Waals surface area contributed by atoms with Crippen molar-refractivity contribution < 1.29 is 28.6 Å². The normalized spacial score (nSPS) is 46.4. The highest BCUT2D eigenvalue weighted by Gasteiger charge is 2.60. The first kappa shape index (κ1) is 26.9. The van der Waals surface area contributed by atoms with E-state index in [-0.39, 0.29) is 47.6 Å². The van der Waals surface area contributed by atoms with Gasteiger partial charge in [-0.05, 0) is 51.4 Å². The maximum Gasteiger partial charge on any atom is 0.410 e. The molecule has 10 atom stereocenters. The second-order valence-corrected chi connectivity index (χ2v) is 11.3. The van der Waals surface area contributed by atoms with Crippen LogP contribution in [0.5, 0.6) is 0 Å². The molecule has 3 aliphatic heterocycles. The number of carbonyl (C=O) groups excluding carboxylic acids is 3. The summed E-state index contributed by atoms with van der Waals surface area (Å²) in [4.78, 5) is 41.3. The van der Waals surface area contributed by atoms with Gasteiger partial charge in [0.05, 0.1) is 11.6 Å². The lowest BCUT2D eigenvalue weighted by molar-refractivity contribution is -0.172. The van der Waals surface area contributed by atoms with Gasteiger partial charge in [0, 0.05) is 32.2 Å². The highest BCUT2D eigenvalue weighted by molar-refractivity contribution is 5.99. The third kappa shape index (κ3) is 4.36. The molecular weight excluding hydrogens is 436 g/mol. The minimum atomic E-state index is -1.01. The Morgan fingerprint density at radius 3 is 2.35 bits per heavy atom. The Balaban J connectivity index is 2.12. The summed E-state index contributed by atoms with van der Waals surface area (Å²) in [6.45, 7) is 16.9. The Hall–Kier alpha value is -1.67. The monoisotopic (exact) mass is 480 g/mol. The second-order valence-electron chi connectivity index (χ2n) is 11.3. The van der Waals surface area contributed by atoms with Crippen molar-refractivity contribution >= 4 is 17.8 Å². The lowest BCUT2D eigenvalue weighted by Crippen LogP contribution is -2.59. The Labute approximate surface area is 204 Å². The van der Waals surface area contributed by atoms with Gasteiger partial charge in [-0.15, -0.1) is 0 Å². The molecule has 0 aliphatic carbocycles. The number of hydrogen-bond donors (Lipinski definition) is 1. The highest BCUT2D eigenvalue weighted by atomic mass is 16.6. The minimum Gasteiger partial charge on any atom is -0.458 e. The zero-order chi connectivity index (χ0) is 25.6. The summed E-state index contributed by atoms with van der Waals surface area (Å²) in [7, 11) is 1.69. The minimum absolute atomic E-state index is 0.0394. The van der Waals surface area contributed by atoms with Gasteiger partial charge in [0.1, 0.15) is 17.8 Å². The fourth-order valence-electron chi connectivity index (χ4n) is 6.83. The fraction of sp³-hybridized carbons (Fsp3) is 0.885. The number of esters is 1. The molecule has 2 bridgehead atoms. The van der Waals surface area contributed by atoms with Crippen LogP contribution in [0.1, 0.15) is 68.2 Å². The predicted octanol–water partition coefficient (Wildman–Crippen LogP) is 3.42. The third-order valence-corrected chi connectivity index (χ3v) is 9.28. The van der Waals surface area contributed by atoms with Crippen molar-refractivity contribution in [2.75, 3.05) is 20.2 Å². The van der Waals surface area contributed by atoms with E-state index in [4.69, 9.17) is 14.2 Å². The molecule has 8 nitrogen and oxygen atoms in total. The molecule has 8 heteroatoms. The number of hydrogen-bond acceptors (Lipinski definition) is 7. The van der Waals surface area contributed by atoms with Crippen molar-refractivity contribution in [2.24, 2.45) is 29.6 Å². The van der Waals surface area contributed by atoms with E-state index in [1.807, 2.05) is 27.7 Å². The maximum atomic E-state index is 13.3. The van der Waals surface area contributed by atoms with Gasteiger partial charge in [0.15, 0.2) is 5.60 Å². The second kappa shape index (κ2) is 9.76. The Morgan fingerprint density at radius 2 is 1.76 bits per heavy atom. The fourth-order valence-corrected chi connectivity index (χ4v) is 6.83. The summed E-state index contributed by atoms with van der Waals surface area (Å²) >= 11 is 0. The lowest BCUT2D eigenvalue weighted by Gasteiger charge is -2.45. The molecule has 34 heavy (non-hydrogen) atoms. The largest absolute Gasteiger partial charge is 0.458 e. The molecule has 3 heterocycles. The van der Waals surface area contributed by atoms with E-state index in [1.54, 1.807) is 18.9 Å². The van der Waals surface area contributed by atoms with E-state index < -0.39 is 29.2 Å². The van der Waals surface area contributed by atoms with E-state index in [0.29, 0.717) is 19.5 Å². The molecule has 0 saturated carbocycles. The molecule has 3 aliphatic rings. The molecule has 3 saturated heterocycles.